The molecule has 0 bridgehead atoms. The van der Waals surface area contributed by atoms with E-state index in [4.69, 9.17) is 14.2 Å². The summed E-state index contributed by atoms with van der Waals surface area (Å²) in [6.45, 7) is 7.94. The Kier molecular flexibility index (Phi) is 5.08. The smallest absolute Gasteiger partial charge is 0.170 e. The van der Waals surface area contributed by atoms with E-state index in [1.807, 2.05) is 27.7 Å². The Morgan fingerprint density at radius 1 is 1.32 bits per heavy atom. The molecule has 122 valence electrons. The lowest BCUT2D eigenvalue weighted by molar-refractivity contribution is -0.0123. The van der Waals surface area contributed by atoms with E-state index in [2.05, 4.69) is 0 Å². The molecule has 0 radical (unpaired) electrons. The monoisotopic (exact) mass is 308 g/mol. The van der Waals surface area contributed by atoms with Crippen LogP contribution in [0.4, 0.5) is 0 Å². The van der Waals surface area contributed by atoms with Gasteiger partial charge in [0.05, 0.1) is 24.7 Å². The van der Waals surface area contributed by atoms with Crippen LogP contribution in [0.1, 0.15) is 44.5 Å². The molecule has 0 aliphatic carbocycles. The number of aliphatic hydroxyl groups is 1. The summed E-state index contributed by atoms with van der Waals surface area (Å²) in [5.74, 6) is 1.17. The minimum absolute atomic E-state index is 0.0695. The Balaban J connectivity index is 1.98. The van der Waals surface area contributed by atoms with Gasteiger partial charge >= 0.3 is 0 Å². The normalized spacial score (nSPS) is 17.8. The lowest BCUT2D eigenvalue weighted by atomic mass is 9.93. The van der Waals surface area contributed by atoms with E-state index in [-0.39, 0.29) is 25.1 Å². The second-order valence-electron chi connectivity index (χ2n) is 6.47. The lowest BCUT2D eigenvalue weighted by Crippen LogP contribution is -2.35. The van der Waals surface area contributed by atoms with Gasteiger partial charge in [-0.2, -0.15) is 0 Å². The van der Waals surface area contributed by atoms with Crippen molar-refractivity contribution in [2.75, 3.05) is 13.2 Å². The Hall–Kier alpha value is -1.59. The third kappa shape index (κ3) is 4.45. The van der Waals surface area contributed by atoms with Crippen LogP contribution in [0, 0.1) is 0 Å². The third-order valence-electron chi connectivity index (χ3n) is 3.29. The summed E-state index contributed by atoms with van der Waals surface area (Å²) >= 11 is 0. The molecule has 22 heavy (non-hydrogen) atoms. The van der Waals surface area contributed by atoms with Crippen LogP contribution in [0.2, 0.25) is 0 Å². The maximum absolute atomic E-state index is 12.1. The zero-order valence-corrected chi connectivity index (χ0v) is 13.6. The largest absolute Gasteiger partial charge is 0.491 e. The number of rotatable bonds is 6. The molecule has 0 unspecified atom stereocenters. The van der Waals surface area contributed by atoms with E-state index in [1.165, 1.54) is 0 Å². The maximum Gasteiger partial charge on any atom is 0.170 e. The van der Waals surface area contributed by atoms with Gasteiger partial charge in [0.15, 0.2) is 5.78 Å². The zero-order valence-electron chi connectivity index (χ0n) is 13.6. The van der Waals surface area contributed by atoms with Crippen LogP contribution in [0.3, 0.4) is 0 Å². The molecule has 5 nitrogen and oxygen atoms in total. The average Bonchev–Trinajstić information content (AvgIpc) is 2.41. The predicted octanol–water partition coefficient (Wildman–Crippen LogP) is 2.60. The van der Waals surface area contributed by atoms with Gasteiger partial charge in [-0.1, -0.05) is 0 Å². The summed E-state index contributed by atoms with van der Waals surface area (Å²) < 4.78 is 16.7. The number of Topliss-reactive ketones (excluding diaryl/α,β-unsaturated/α-hetero) is 1. The van der Waals surface area contributed by atoms with Gasteiger partial charge in [-0.3, -0.25) is 4.79 Å². The van der Waals surface area contributed by atoms with Crippen LogP contribution < -0.4 is 9.47 Å². The molecule has 1 heterocycles. The zero-order chi connectivity index (χ0) is 16.3. The second kappa shape index (κ2) is 6.67. The van der Waals surface area contributed by atoms with Crippen molar-refractivity contribution in [2.24, 2.45) is 0 Å². The number of benzene rings is 1. The Morgan fingerprint density at radius 2 is 2.05 bits per heavy atom. The molecule has 0 saturated heterocycles. The lowest BCUT2D eigenvalue weighted by Gasteiger charge is -2.31. The summed E-state index contributed by atoms with van der Waals surface area (Å²) in [6.07, 6.45) is -0.261. The van der Waals surface area contributed by atoms with Crippen molar-refractivity contribution in [1.29, 1.82) is 0 Å². The second-order valence-corrected chi connectivity index (χ2v) is 6.47. The van der Waals surface area contributed by atoms with Crippen molar-refractivity contribution in [3.8, 4) is 11.5 Å². The number of ketones is 1. The van der Waals surface area contributed by atoms with E-state index in [9.17, 15) is 9.90 Å². The quantitative estimate of drug-likeness (QED) is 0.875. The molecule has 0 spiro atoms. The van der Waals surface area contributed by atoms with Crippen molar-refractivity contribution in [1.82, 2.24) is 0 Å². The van der Waals surface area contributed by atoms with Crippen LogP contribution in [-0.2, 0) is 4.74 Å². The summed E-state index contributed by atoms with van der Waals surface area (Å²) in [5, 5.41) is 9.79. The maximum atomic E-state index is 12.1. The van der Waals surface area contributed by atoms with E-state index >= 15 is 0 Å². The van der Waals surface area contributed by atoms with Crippen molar-refractivity contribution < 1.29 is 24.1 Å². The van der Waals surface area contributed by atoms with Gasteiger partial charge in [0.1, 0.15) is 29.8 Å². The van der Waals surface area contributed by atoms with Gasteiger partial charge in [0.2, 0.25) is 0 Å². The Labute approximate surface area is 131 Å². The number of hydrogen-bond donors (Lipinski definition) is 1. The molecule has 1 aromatic rings. The fourth-order valence-corrected chi connectivity index (χ4v) is 2.27. The van der Waals surface area contributed by atoms with E-state index in [1.54, 1.807) is 18.2 Å². The molecule has 0 amide bonds. The number of carbonyl (C=O) groups excluding carboxylic acids is 1. The Morgan fingerprint density at radius 3 is 2.73 bits per heavy atom. The molecule has 1 atom stereocenters. The van der Waals surface area contributed by atoms with Crippen molar-refractivity contribution in [2.45, 2.75) is 51.9 Å². The van der Waals surface area contributed by atoms with Gasteiger partial charge in [0, 0.05) is 6.07 Å². The number of carbonyl (C=O) groups is 1. The first-order valence-electron chi connectivity index (χ1n) is 7.55. The van der Waals surface area contributed by atoms with Gasteiger partial charge in [0.25, 0.3) is 0 Å². The molecule has 0 aromatic heterocycles. The number of ether oxygens (including phenoxy) is 3. The first kappa shape index (κ1) is 16.8. The molecule has 0 saturated carbocycles. The molecule has 1 N–H and O–H groups in total. The van der Waals surface area contributed by atoms with Crippen LogP contribution in [0.5, 0.6) is 11.5 Å². The molecule has 1 aromatic carbocycles. The van der Waals surface area contributed by atoms with Crippen molar-refractivity contribution in [3.05, 3.63) is 23.8 Å². The van der Waals surface area contributed by atoms with Crippen molar-refractivity contribution in [3.63, 3.8) is 0 Å². The highest BCUT2D eigenvalue weighted by molar-refractivity contribution is 6.00. The molecule has 2 rings (SSSR count). The van der Waals surface area contributed by atoms with Gasteiger partial charge < -0.3 is 19.3 Å². The third-order valence-corrected chi connectivity index (χ3v) is 3.29. The minimum Gasteiger partial charge on any atom is -0.491 e. The molecular weight excluding hydrogens is 284 g/mol. The van der Waals surface area contributed by atoms with E-state index in [0.29, 0.717) is 23.5 Å². The van der Waals surface area contributed by atoms with Gasteiger partial charge in [-0.15, -0.1) is 0 Å². The number of fused-ring (bicyclic) bond motifs is 1. The van der Waals surface area contributed by atoms with Crippen LogP contribution in [0.15, 0.2) is 18.2 Å². The standard InChI is InChI=1S/C17H24O5/c1-11(2)20-9-12(18)10-21-13-5-6-14-15(19)8-17(3,4)22-16(14)7-13/h5-7,11-12,18H,8-10H2,1-4H3/t12-/m0/s1. The minimum atomic E-state index is -0.697. The van der Waals surface area contributed by atoms with Gasteiger partial charge in [-0.05, 0) is 39.8 Å². The molecule has 1 aliphatic heterocycles. The molecule has 0 fully saturated rings. The Bertz CT molecular complexity index is 536. The van der Waals surface area contributed by atoms with Crippen LogP contribution in [-0.4, -0.2) is 41.9 Å². The SMILES string of the molecule is CC(C)OC[C@H](O)COc1ccc2c(c1)OC(C)(C)CC2=O. The van der Waals surface area contributed by atoms with Crippen LogP contribution >= 0.6 is 0 Å². The molecule has 5 heteroatoms. The first-order valence-corrected chi connectivity index (χ1v) is 7.55. The molecule has 1 aliphatic rings. The summed E-state index contributed by atoms with van der Waals surface area (Å²) in [6, 6.07) is 5.12. The first-order chi connectivity index (χ1) is 10.3. The number of aliphatic hydroxyl groups excluding tert-OH is 1. The van der Waals surface area contributed by atoms with Crippen LogP contribution in [0.25, 0.3) is 0 Å². The highest BCUT2D eigenvalue weighted by atomic mass is 16.5. The average molecular weight is 308 g/mol. The fraction of sp³-hybridized carbons (Fsp3) is 0.588. The van der Waals surface area contributed by atoms with Crippen molar-refractivity contribution >= 4 is 5.78 Å². The predicted molar refractivity (Wildman–Crippen MR) is 82.7 cm³/mol. The fourth-order valence-electron chi connectivity index (χ4n) is 2.27. The highest BCUT2D eigenvalue weighted by Crippen LogP contribution is 2.35. The highest BCUT2D eigenvalue weighted by Gasteiger charge is 2.32. The van der Waals surface area contributed by atoms with Gasteiger partial charge in [-0.25, -0.2) is 0 Å². The summed E-state index contributed by atoms with van der Waals surface area (Å²) in [4.78, 5) is 12.1. The molecular formula is C17H24O5. The summed E-state index contributed by atoms with van der Waals surface area (Å²) in [7, 11) is 0. The van der Waals surface area contributed by atoms with E-state index in [0.717, 1.165) is 0 Å². The topological polar surface area (TPSA) is 65.0 Å². The number of hydrogen-bond acceptors (Lipinski definition) is 5. The summed E-state index contributed by atoms with van der Waals surface area (Å²) in [5.41, 5.74) is 0.0724. The van der Waals surface area contributed by atoms with E-state index < -0.39 is 11.7 Å².